The Bertz CT molecular complexity index is 969. The van der Waals surface area contributed by atoms with Gasteiger partial charge in [0.25, 0.3) is 5.91 Å². The average Bonchev–Trinajstić information content (AvgIpc) is 3.13. The standard InChI is InChI=1S/C20H20FN3O3/c1-4-24-18(20(25)22-16-8-6-5-7-15(16)21)12-17(23-24)14-10-9-13(26-2)11-19(14)27-3/h5-12H,4H2,1-3H3,(H,22,25). The number of halogens is 1. The summed E-state index contributed by atoms with van der Waals surface area (Å²) in [6, 6.07) is 13.0. The fraction of sp³-hybridized carbons (Fsp3) is 0.200. The number of para-hydroxylation sites is 1. The second-order valence-corrected chi connectivity index (χ2v) is 5.73. The Morgan fingerprint density at radius 3 is 2.59 bits per heavy atom. The number of benzene rings is 2. The molecule has 2 aromatic carbocycles. The van der Waals surface area contributed by atoms with Gasteiger partial charge in [-0.15, -0.1) is 0 Å². The SMILES string of the molecule is CCn1nc(-c2ccc(OC)cc2OC)cc1C(=O)Nc1ccccc1F. The van der Waals surface area contributed by atoms with E-state index in [-0.39, 0.29) is 5.69 Å². The Morgan fingerprint density at radius 1 is 1.15 bits per heavy atom. The fourth-order valence-electron chi connectivity index (χ4n) is 2.73. The van der Waals surface area contributed by atoms with Gasteiger partial charge in [-0.25, -0.2) is 4.39 Å². The van der Waals surface area contributed by atoms with E-state index in [2.05, 4.69) is 10.4 Å². The molecule has 0 aliphatic heterocycles. The number of hydrogen-bond donors (Lipinski definition) is 1. The summed E-state index contributed by atoms with van der Waals surface area (Å²) in [4.78, 5) is 12.7. The van der Waals surface area contributed by atoms with E-state index in [1.54, 1.807) is 49.2 Å². The number of carbonyl (C=O) groups excluding carboxylic acids is 1. The van der Waals surface area contributed by atoms with E-state index in [0.717, 1.165) is 5.56 Å². The van der Waals surface area contributed by atoms with Crippen molar-refractivity contribution in [2.75, 3.05) is 19.5 Å². The van der Waals surface area contributed by atoms with Gasteiger partial charge in [0, 0.05) is 18.2 Å². The van der Waals surface area contributed by atoms with Crippen LogP contribution in [0, 0.1) is 5.82 Å². The van der Waals surface area contributed by atoms with Crippen LogP contribution < -0.4 is 14.8 Å². The van der Waals surface area contributed by atoms with Crippen molar-refractivity contribution in [2.24, 2.45) is 0 Å². The molecule has 1 heterocycles. The predicted molar refractivity (Wildman–Crippen MR) is 101 cm³/mol. The van der Waals surface area contributed by atoms with Crippen LogP contribution in [0.3, 0.4) is 0 Å². The number of amides is 1. The van der Waals surface area contributed by atoms with Crippen molar-refractivity contribution in [3.63, 3.8) is 0 Å². The van der Waals surface area contributed by atoms with Gasteiger partial charge < -0.3 is 14.8 Å². The summed E-state index contributed by atoms with van der Waals surface area (Å²) in [5, 5.41) is 7.08. The third-order valence-electron chi connectivity index (χ3n) is 4.12. The van der Waals surface area contributed by atoms with E-state index < -0.39 is 11.7 Å². The highest BCUT2D eigenvalue weighted by molar-refractivity contribution is 6.03. The van der Waals surface area contributed by atoms with Gasteiger partial charge in [-0.3, -0.25) is 9.48 Å². The van der Waals surface area contributed by atoms with Gasteiger partial charge in [-0.2, -0.15) is 5.10 Å². The van der Waals surface area contributed by atoms with Crippen LogP contribution in [0.2, 0.25) is 0 Å². The first-order chi connectivity index (χ1) is 13.1. The molecule has 0 spiro atoms. The number of methoxy groups -OCH3 is 2. The van der Waals surface area contributed by atoms with Crippen LogP contribution >= 0.6 is 0 Å². The van der Waals surface area contributed by atoms with Crippen LogP contribution in [0.25, 0.3) is 11.3 Å². The lowest BCUT2D eigenvalue weighted by Crippen LogP contribution is -2.17. The third-order valence-corrected chi connectivity index (χ3v) is 4.12. The molecule has 0 radical (unpaired) electrons. The van der Waals surface area contributed by atoms with Crippen molar-refractivity contribution in [2.45, 2.75) is 13.5 Å². The number of rotatable bonds is 6. The van der Waals surface area contributed by atoms with Crippen LogP contribution in [-0.4, -0.2) is 29.9 Å². The van der Waals surface area contributed by atoms with Crippen molar-refractivity contribution in [1.29, 1.82) is 0 Å². The summed E-state index contributed by atoms with van der Waals surface area (Å²) in [5.74, 6) is 0.304. The molecule has 0 fully saturated rings. The van der Waals surface area contributed by atoms with Gasteiger partial charge in [0.05, 0.1) is 25.6 Å². The molecule has 6 nitrogen and oxygen atoms in total. The summed E-state index contributed by atoms with van der Waals surface area (Å²) in [7, 11) is 3.13. The Balaban J connectivity index is 1.96. The lowest BCUT2D eigenvalue weighted by Gasteiger charge is -2.08. The topological polar surface area (TPSA) is 65.4 Å². The Labute approximate surface area is 156 Å². The lowest BCUT2D eigenvalue weighted by molar-refractivity contribution is 0.101. The van der Waals surface area contributed by atoms with Crippen LogP contribution in [0.5, 0.6) is 11.5 Å². The molecule has 1 amide bonds. The van der Waals surface area contributed by atoms with Gasteiger partial charge in [0.1, 0.15) is 23.0 Å². The summed E-state index contributed by atoms with van der Waals surface area (Å²) < 4.78 is 26.0. The average molecular weight is 369 g/mol. The van der Waals surface area contributed by atoms with Gasteiger partial charge in [-0.1, -0.05) is 12.1 Å². The third kappa shape index (κ3) is 3.76. The lowest BCUT2D eigenvalue weighted by atomic mass is 10.1. The summed E-state index contributed by atoms with van der Waals surface area (Å²) in [5.41, 5.74) is 1.75. The van der Waals surface area contributed by atoms with Crippen molar-refractivity contribution in [3.8, 4) is 22.8 Å². The molecule has 0 aliphatic carbocycles. The number of nitrogens with one attached hydrogen (secondary N) is 1. The molecule has 3 rings (SSSR count). The van der Waals surface area contributed by atoms with Gasteiger partial charge in [-0.05, 0) is 37.3 Å². The van der Waals surface area contributed by atoms with Gasteiger partial charge in [0.2, 0.25) is 0 Å². The Morgan fingerprint density at radius 2 is 1.93 bits per heavy atom. The molecular formula is C20H20FN3O3. The highest BCUT2D eigenvalue weighted by atomic mass is 19.1. The zero-order chi connectivity index (χ0) is 19.4. The number of aromatic nitrogens is 2. The quantitative estimate of drug-likeness (QED) is 0.714. The van der Waals surface area contributed by atoms with Crippen molar-refractivity contribution >= 4 is 11.6 Å². The number of carbonyl (C=O) groups is 1. The van der Waals surface area contributed by atoms with Crippen molar-refractivity contribution in [3.05, 3.63) is 60.0 Å². The smallest absolute Gasteiger partial charge is 0.274 e. The largest absolute Gasteiger partial charge is 0.497 e. The first-order valence-electron chi connectivity index (χ1n) is 8.43. The highest BCUT2D eigenvalue weighted by Gasteiger charge is 2.19. The summed E-state index contributed by atoms with van der Waals surface area (Å²) in [6.07, 6.45) is 0. The maximum absolute atomic E-state index is 13.8. The minimum Gasteiger partial charge on any atom is -0.497 e. The molecule has 1 aromatic heterocycles. The molecule has 0 unspecified atom stereocenters. The number of aryl methyl sites for hydroxylation is 1. The number of hydrogen-bond acceptors (Lipinski definition) is 4. The van der Waals surface area contributed by atoms with Gasteiger partial charge in [0.15, 0.2) is 0 Å². The maximum atomic E-state index is 13.8. The summed E-state index contributed by atoms with van der Waals surface area (Å²) in [6.45, 7) is 2.36. The minimum absolute atomic E-state index is 0.120. The fourth-order valence-corrected chi connectivity index (χ4v) is 2.73. The number of anilines is 1. The zero-order valence-electron chi connectivity index (χ0n) is 15.3. The van der Waals surface area contributed by atoms with E-state index in [4.69, 9.17) is 9.47 Å². The van der Waals surface area contributed by atoms with Crippen LogP contribution in [0.15, 0.2) is 48.5 Å². The zero-order valence-corrected chi connectivity index (χ0v) is 15.3. The predicted octanol–water partition coefficient (Wildman–Crippen LogP) is 3.98. The second-order valence-electron chi connectivity index (χ2n) is 5.73. The minimum atomic E-state index is -0.495. The molecular weight excluding hydrogens is 349 g/mol. The Kier molecular flexibility index (Phi) is 5.40. The van der Waals surface area contributed by atoms with E-state index in [1.807, 2.05) is 13.0 Å². The first-order valence-corrected chi connectivity index (χ1v) is 8.43. The highest BCUT2D eigenvalue weighted by Crippen LogP contribution is 2.33. The maximum Gasteiger partial charge on any atom is 0.274 e. The van der Waals surface area contributed by atoms with Crippen molar-refractivity contribution in [1.82, 2.24) is 9.78 Å². The molecule has 0 bridgehead atoms. The van der Waals surface area contributed by atoms with Crippen LogP contribution in [0.4, 0.5) is 10.1 Å². The molecule has 7 heteroatoms. The van der Waals surface area contributed by atoms with Crippen molar-refractivity contribution < 1.29 is 18.7 Å². The van der Waals surface area contributed by atoms with E-state index in [1.165, 1.54) is 12.1 Å². The molecule has 1 N–H and O–H groups in total. The van der Waals surface area contributed by atoms with Crippen LogP contribution in [0.1, 0.15) is 17.4 Å². The summed E-state index contributed by atoms with van der Waals surface area (Å²) >= 11 is 0. The molecule has 0 saturated heterocycles. The first kappa shape index (κ1) is 18.4. The Hall–Kier alpha value is -3.35. The molecule has 0 atom stereocenters. The molecule has 0 saturated carbocycles. The molecule has 140 valence electrons. The molecule has 3 aromatic rings. The molecule has 27 heavy (non-hydrogen) atoms. The number of ether oxygens (including phenoxy) is 2. The van der Waals surface area contributed by atoms with Crippen LogP contribution in [-0.2, 0) is 6.54 Å². The van der Waals surface area contributed by atoms with E-state index in [9.17, 15) is 9.18 Å². The van der Waals surface area contributed by atoms with E-state index in [0.29, 0.717) is 29.4 Å². The second kappa shape index (κ2) is 7.90. The normalized spacial score (nSPS) is 10.5. The number of nitrogens with zero attached hydrogens (tertiary/aromatic N) is 2. The monoisotopic (exact) mass is 369 g/mol. The van der Waals surface area contributed by atoms with Gasteiger partial charge >= 0.3 is 0 Å². The van der Waals surface area contributed by atoms with E-state index >= 15 is 0 Å². The molecule has 0 aliphatic rings.